The summed E-state index contributed by atoms with van der Waals surface area (Å²) in [4.78, 5) is 28.0. The molecule has 3 rings (SSSR count). The Balaban J connectivity index is 1.93. The highest BCUT2D eigenvalue weighted by Crippen LogP contribution is 2.43. The van der Waals surface area contributed by atoms with Gasteiger partial charge in [0.15, 0.2) is 0 Å². The van der Waals surface area contributed by atoms with E-state index in [0.717, 1.165) is 12.0 Å². The number of esters is 1. The fraction of sp³-hybridized carbons (Fsp3) is 0.440. The summed E-state index contributed by atoms with van der Waals surface area (Å²) in [6.07, 6.45) is 0.746. The molecule has 5 nitrogen and oxygen atoms in total. The summed E-state index contributed by atoms with van der Waals surface area (Å²) in [6.45, 7) is 8.83. The number of rotatable bonds is 6. The van der Waals surface area contributed by atoms with Crippen molar-refractivity contribution in [1.29, 1.82) is 0 Å². The van der Waals surface area contributed by atoms with Gasteiger partial charge >= 0.3 is 5.97 Å². The van der Waals surface area contributed by atoms with Gasteiger partial charge in [0, 0.05) is 11.3 Å². The Labute approximate surface area is 189 Å². The lowest BCUT2D eigenvalue weighted by atomic mass is 9.86. The number of hydrogen-bond acceptors (Lipinski definition) is 5. The molecule has 2 aromatic rings. The zero-order chi connectivity index (χ0) is 22.6. The minimum atomic E-state index is -0.613. The second-order valence-electron chi connectivity index (χ2n) is 8.68. The summed E-state index contributed by atoms with van der Waals surface area (Å²) in [6, 6.07) is 14.7. The highest BCUT2D eigenvalue weighted by atomic mass is 32.2. The van der Waals surface area contributed by atoms with Crippen molar-refractivity contribution in [3.8, 4) is 5.75 Å². The van der Waals surface area contributed by atoms with E-state index < -0.39 is 6.04 Å². The summed E-state index contributed by atoms with van der Waals surface area (Å²) >= 11 is 1.60. The molecule has 1 amide bonds. The third-order valence-corrected chi connectivity index (χ3v) is 6.68. The van der Waals surface area contributed by atoms with Crippen molar-refractivity contribution >= 4 is 23.6 Å². The number of hydrogen-bond donors (Lipinski definition) is 0. The SMILES string of the molecule is CCCOC(=O)C1CSC(c2ccc(C(C)(C)C)cc2)N1C(=O)c1ccc(OC)cc1. The number of carbonyl (C=O) groups excluding carboxylic acids is 2. The lowest BCUT2D eigenvalue weighted by Gasteiger charge is -2.29. The number of nitrogens with zero attached hydrogens (tertiary/aromatic N) is 1. The molecule has 0 aliphatic carbocycles. The van der Waals surface area contributed by atoms with E-state index >= 15 is 0 Å². The van der Waals surface area contributed by atoms with Crippen molar-refractivity contribution in [3.05, 3.63) is 65.2 Å². The predicted octanol–water partition coefficient (Wildman–Crippen LogP) is 5.20. The fourth-order valence-corrected chi connectivity index (χ4v) is 4.94. The van der Waals surface area contributed by atoms with Crippen molar-refractivity contribution in [2.45, 2.75) is 50.9 Å². The van der Waals surface area contributed by atoms with Gasteiger partial charge in [-0.2, -0.15) is 0 Å². The van der Waals surface area contributed by atoms with Gasteiger partial charge in [0.25, 0.3) is 5.91 Å². The second kappa shape index (κ2) is 9.77. The topological polar surface area (TPSA) is 55.8 Å². The molecule has 0 saturated carbocycles. The highest BCUT2D eigenvalue weighted by molar-refractivity contribution is 7.99. The lowest BCUT2D eigenvalue weighted by molar-refractivity contribution is -0.148. The summed E-state index contributed by atoms with van der Waals surface area (Å²) in [5.41, 5.74) is 2.80. The van der Waals surface area contributed by atoms with Crippen LogP contribution >= 0.6 is 11.8 Å². The van der Waals surface area contributed by atoms with Gasteiger partial charge in [-0.05, 0) is 47.2 Å². The van der Waals surface area contributed by atoms with E-state index in [2.05, 4.69) is 45.0 Å². The average molecular weight is 442 g/mol. The van der Waals surface area contributed by atoms with Crippen molar-refractivity contribution < 1.29 is 19.1 Å². The van der Waals surface area contributed by atoms with Gasteiger partial charge in [0.2, 0.25) is 0 Å². The third-order valence-electron chi connectivity index (χ3n) is 5.35. The van der Waals surface area contributed by atoms with Crippen LogP contribution in [0.15, 0.2) is 48.5 Å². The summed E-state index contributed by atoms with van der Waals surface area (Å²) in [7, 11) is 1.59. The Hall–Kier alpha value is -2.47. The molecule has 0 aromatic heterocycles. The van der Waals surface area contributed by atoms with Crippen LogP contribution in [-0.2, 0) is 14.9 Å². The largest absolute Gasteiger partial charge is 0.497 e. The Kier molecular flexibility index (Phi) is 7.31. The number of methoxy groups -OCH3 is 1. The summed E-state index contributed by atoms with van der Waals surface area (Å²) < 4.78 is 10.6. The molecule has 0 N–H and O–H groups in total. The van der Waals surface area contributed by atoms with Gasteiger partial charge in [-0.1, -0.05) is 52.0 Å². The van der Waals surface area contributed by atoms with Gasteiger partial charge in [0.05, 0.1) is 13.7 Å². The van der Waals surface area contributed by atoms with E-state index in [-0.39, 0.29) is 22.7 Å². The predicted molar refractivity (Wildman–Crippen MR) is 125 cm³/mol. The first-order chi connectivity index (χ1) is 14.8. The molecule has 2 unspecified atom stereocenters. The summed E-state index contributed by atoms with van der Waals surface area (Å²) in [5, 5.41) is -0.247. The first-order valence-corrected chi connectivity index (χ1v) is 11.7. The molecule has 1 heterocycles. The van der Waals surface area contributed by atoms with Gasteiger partial charge in [-0.15, -0.1) is 11.8 Å². The molecule has 0 radical (unpaired) electrons. The lowest BCUT2D eigenvalue weighted by Crippen LogP contribution is -2.44. The number of carbonyl (C=O) groups is 2. The van der Waals surface area contributed by atoms with Crippen molar-refractivity contribution in [2.75, 3.05) is 19.5 Å². The van der Waals surface area contributed by atoms with E-state index in [4.69, 9.17) is 9.47 Å². The van der Waals surface area contributed by atoms with Crippen LogP contribution in [0.2, 0.25) is 0 Å². The zero-order valence-electron chi connectivity index (χ0n) is 18.9. The minimum Gasteiger partial charge on any atom is -0.497 e. The van der Waals surface area contributed by atoms with Crippen LogP contribution in [0.25, 0.3) is 0 Å². The van der Waals surface area contributed by atoms with E-state index in [0.29, 0.717) is 23.7 Å². The van der Waals surface area contributed by atoms with Crippen molar-refractivity contribution in [2.24, 2.45) is 0 Å². The second-order valence-corrected chi connectivity index (χ2v) is 9.80. The molecule has 1 fully saturated rings. The molecule has 1 saturated heterocycles. The molecule has 1 aliphatic heterocycles. The normalized spacial score (nSPS) is 18.7. The molecule has 6 heteroatoms. The van der Waals surface area contributed by atoms with Crippen molar-refractivity contribution in [1.82, 2.24) is 4.90 Å². The first kappa shape index (κ1) is 23.2. The van der Waals surface area contributed by atoms with E-state index in [1.165, 1.54) is 5.56 Å². The zero-order valence-corrected chi connectivity index (χ0v) is 19.7. The molecule has 2 aromatic carbocycles. The Morgan fingerprint density at radius 1 is 1.06 bits per heavy atom. The number of thioether (sulfide) groups is 1. The standard InChI is InChI=1S/C25H31NO4S/c1-6-15-30-24(28)21-16-31-23(18-7-11-19(12-8-18)25(2,3)4)26(21)22(27)17-9-13-20(29-5)14-10-17/h7-14,21,23H,6,15-16H2,1-5H3. The van der Waals surface area contributed by atoms with Crippen molar-refractivity contribution in [3.63, 3.8) is 0 Å². The maximum atomic E-state index is 13.5. The highest BCUT2D eigenvalue weighted by Gasteiger charge is 2.43. The third kappa shape index (κ3) is 5.24. The van der Waals surface area contributed by atoms with Gasteiger partial charge in [0.1, 0.15) is 17.2 Å². The molecule has 31 heavy (non-hydrogen) atoms. The smallest absolute Gasteiger partial charge is 0.329 e. The fourth-order valence-electron chi connectivity index (χ4n) is 3.52. The van der Waals surface area contributed by atoms with Crippen LogP contribution in [-0.4, -0.2) is 42.3 Å². The Bertz CT molecular complexity index is 903. The minimum absolute atomic E-state index is 0.0481. The number of ether oxygens (including phenoxy) is 2. The maximum absolute atomic E-state index is 13.5. The van der Waals surface area contributed by atoms with Gasteiger partial charge in [-0.3, -0.25) is 4.79 Å². The van der Waals surface area contributed by atoms with Crippen LogP contribution in [0, 0.1) is 0 Å². The Morgan fingerprint density at radius 3 is 2.26 bits per heavy atom. The van der Waals surface area contributed by atoms with Crippen LogP contribution in [0.3, 0.4) is 0 Å². The first-order valence-electron chi connectivity index (χ1n) is 10.6. The molecular formula is C25H31NO4S. The molecular weight excluding hydrogens is 410 g/mol. The molecule has 0 spiro atoms. The monoisotopic (exact) mass is 441 g/mol. The average Bonchev–Trinajstić information content (AvgIpc) is 3.21. The molecule has 0 bridgehead atoms. The van der Waals surface area contributed by atoms with E-state index in [9.17, 15) is 9.59 Å². The van der Waals surface area contributed by atoms with Crippen LogP contribution in [0.5, 0.6) is 5.75 Å². The quantitative estimate of drug-likeness (QED) is 0.577. The van der Waals surface area contributed by atoms with Crippen LogP contribution in [0.1, 0.15) is 61.0 Å². The van der Waals surface area contributed by atoms with E-state index in [1.807, 2.05) is 6.92 Å². The Morgan fingerprint density at radius 2 is 1.71 bits per heavy atom. The van der Waals surface area contributed by atoms with Gasteiger partial charge < -0.3 is 14.4 Å². The van der Waals surface area contributed by atoms with Gasteiger partial charge in [-0.25, -0.2) is 4.79 Å². The summed E-state index contributed by atoms with van der Waals surface area (Å²) in [5.74, 6) is 0.664. The molecule has 166 valence electrons. The maximum Gasteiger partial charge on any atom is 0.329 e. The number of amides is 1. The number of benzene rings is 2. The van der Waals surface area contributed by atoms with E-state index in [1.54, 1.807) is 48.0 Å². The van der Waals surface area contributed by atoms with Crippen LogP contribution < -0.4 is 4.74 Å². The van der Waals surface area contributed by atoms with Crippen LogP contribution in [0.4, 0.5) is 0 Å². The molecule has 2 atom stereocenters. The molecule has 1 aliphatic rings.